The van der Waals surface area contributed by atoms with Crippen molar-refractivity contribution < 1.29 is 13.2 Å². The molecule has 1 aromatic carbocycles. The summed E-state index contributed by atoms with van der Waals surface area (Å²) in [6.07, 6.45) is 1.61. The number of fused-ring (bicyclic) bond motifs is 1. The van der Waals surface area contributed by atoms with E-state index in [1.807, 2.05) is 7.05 Å². The molecule has 2 aliphatic heterocycles. The lowest BCUT2D eigenvalue weighted by Crippen LogP contribution is -2.33. The highest BCUT2D eigenvalue weighted by Crippen LogP contribution is 2.26. The first kappa shape index (κ1) is 15.5. The van der Waals surface area contributed by atoms with Crippen LogP contribution in [0, 0.1) is 5.92 Å². The third kappa shape index (κ3) is 2.76. The molecule has 7 heteroatoms. The van der Waals surface area contributed by atoms with Gasteiger partial charge in [-0.2, -0.15) is 4.31 Å². The molecular weight excluding hydrogens is 302 g/mol. The summed E-state index contributed by atoms with van der Waals surface area (Å²) >= 11 is 0. The van der Waals surface area contributed by atoms with Crippen LogP contribution in [0.5, 0.6) is 0 Å². The van der Waals surface area contributed by atoms with Crippen LogP contribution >= 0.6 is 0 Å². The summed E-state index contributed by atoms with van der Waals surface area (Å²) in [5, 5.41) is 5.85. The van der Waals surface area contributed by atoms with Gasteiger partial charge in [0.15, 0.2) is 0 Å². The van der Waals surface area contributed by atoms with Crippen LogP contribution in [-0.2, 0) is 16.4 Å². The topological polar surface area (TPSA) is 78.5 Å². The van der Waals surface area contributed by atoms with Crippen LogP contribution < -0.4 is 10.6 Å². The van der Waals surface area contributed by atoms with Gasteiger partial charge in [-0.15, -0.1) is 0 Å². The summed E-state index contributed by atoms with van der Waals surface area (Å²) in [7, 11) is -1.65. The Morgan fingerprint density at radius 2 is 2.23 bits per heavy atom. The van der Waals surface area contributed by atoms with E-state index in [4.69, 9.17) is 0 Å². The third-order valence-corrected chi connectivity index (χ3v) is 6.25. The molecule has 0 aromatic heterocycles. The van der Waals surface area contributed by atoms with Gasteiger partial charge in [0.25, 0.3) is 5.91 Å². The van der Waals surface area contributed by atoms with E-state index in [9.17, 15) is 13.2 Å². The lowest BCUT2D eigenvalue weighted by molar-refractivity contribution is 0.0945. The fourth-order valence-corrected chi connectivity index (χ4v) is 4.73. The van der Waals surface area contributed by atoms with Gasteiger partial charge in [0.2, 0.25) is 10.0 Å². The van der Waals surface area contributed by atoms with Crippen molar-refractivity contribution in [3.8, 4) is 0 Å². The maximum Gasteiger partial charge on any atom is 0.251 e. The van der Waals surface area contributed by atoms with Gasteiger partial charge in [-0.3, -0.25) is 4.79 Å². The van der Waals surface area contributed by atoms with Crippen molar-refractivity contribution >= 4 is 15.9 Å². The minimum absolute atomic E-state index is 0.187. The van der Waals surface area contributed by atoms with Gasteiger partial charge in [-0.1, -0.05) is 6.07 Å². The number of hydrogen-bond acceptors (Lipinski definition) is 4. The van der Waals surface area contributed by atoms with Crippen molar-refractivity contribution in [2.45, 2.75) is 17.7 Å². The van der Waals surface area contributed by atoms with E-state index < -0.39 is 10.0 Å². The highest BCUT2D eigenvalue weighted by atomic mass is 32.2. The number of sulfonamides is 1. The fraction of sp³-hybridized carbons (Fsp3) is 0.533. The van der Waals surface area contributed by atoms with Gasteiger partial charge in [-0.25, -0.2) is 8.42 Å². The molecule has 1 amide bonds. The van der Waals surface area contributed by atoms with Crippen LogP contribution in [0.4, 0.5) is 0 Å². The standard InChI is InChI=1S/C15H21N3O3S/c1-16-9-11-5-7-18(10-11)22(20,21)13-3-2-12-4-6-17-15(19)14(12)8-13/h2-3,8,11,16H,4-7,9-10H2,1H3,(H,17,19). The zero-order valence-corrected chi connectivity index (χ0v) is 13.4. The molecule has 1 unspecified atom stereocenters. The first-order valence-corrected chi connectivity index (χ1v) is 9.02. The SMILES string of the molecule is CNCC1CCN(S(=O)(=O)c2ccc3c(c2)C(=O)NCC3)C1. The Kier molecular flexibility index (Phi) is 4.20. The predicted octanol–water partition coefficient (Wildman–Crippen LogP) is 0.202. The van der Waals surface area contributed by atoms with E-state index in [1.165, 1.54) is 10.4 Å². The average molecular weight is 323 g/mol. The monoisotopic (exact) mass is 323 g/mol. The molecule has 1 aromatic rings. The molecule has 0 bridgehead atoms. The molecule has 22 heavy (non-hydrogen) atoms. The normalized spacial score (nSPS) is 22.4. The maximum atomic E-state index is 12.8. The minimum Gasteiger partial charge on any atom is -0.352 e. The van der Waals surface area contributed by atoms with Crippen LogP contribution in [0.3, 0.4) is 0 Å². The van der Waals surface area contributed by atoms with E-state index >= 15 is 0 Å². The molecule has 2 heterocycles. The van der Waals surface area contributed by atoms with E-state index in [-0.39, 0.29) is 10.8 Å². The molecule has 0 spiro atoms. The van der Waals surface area contributed by atoms with Crippen LogP contribution in [0.2, 0.25) is 0 Å². The van der Waals surface area contributed by atoms with Gasteiger partial charge >= 0.3 is 0 Å². The van der Waals surface area contributed by atoms with Crippen LogP contribution in [-0.4, -0.2) is 51.9 Å². The Bertz CT molecular complexity index is 687. The number of carbonyl (C=O) groups is 1. The molecule has 120 valence electrons. The summed E-state index contributed by atoms with van der Waals surface area (Å²) in [6, 6.07) is 4.91. The second-order valence-corrected chi connectivity index (χ2v) is 7.84. The zero-order chi connectivity index (χ0) is 15.7. The number of carbonyl (C=O) groups excluding carboxylic acids is 1. The Balaban J connectivity index is 1.87. The molecule has 2 N–H and O–H groups in total. The van der Waals surface area contributed by atoms with Crippen molar-refractivity contribution in [1.29, 1.82) is 0 Å². The molecule has 0 radical (unpaired) electrons. The number of rotatable bonds is 4. The number of nitrogens with one attached hydrogen (secondary N) is 2. The van der Waals surface area contributed by atoms with Gasteiger partial charge in [0, 0.05) is 25.2 Å². The Morgan fingerprint density at radius 3 is 3.00 bits per heavy atom. The van der Waals surface area contributed by atoms with E-state index in [1.54, 1.807) is 12.1 Å². The minimum atomic E-state index is -3.52. The van der Waals surface area contributed by atoms with Gasteiger partial charge < -0.3 is 10.6 Å². The zero-order valence-electron chi connectivity index (χ0n) is 12.6. The Labute approximate surface area is 130 Å². The lowest BCUT2D eigenvalue weighted by Gasteiger charge is -2.20. The van der Waals surface area contributed by atoms with Crippen molar-refractivity contribution in [2.24, 2.45) is 5.92 Å². The Hall–Kier alpha value is -1.44. The van der Waals surface area contributed by atoms with Crippen LogP contribution in [0.15, 0.2) is 23.1 Å². The molecule has 1 fully saturated rings. The molecule has 1 saturated heterocycles. The first-order chi connectivity index (χ1) is 10.5. The number of nitrogens with zero attached hydrogens (tertiary/aromatic N) is 1. The summed E-state index contributed by atoms with van der Waals surface area (Å²) < 4.78 is 27.0. The molecule has 0 aliphatic carbocycles. The highest BCUT2D eigenvalue weighted by Gasteiger charge is 2.33. The maximum absolute atomic E-state index is 12.8. The summed E-state index contributed by atoms with van der Waals surface area (Å²) in [4.78, 5) is 12.1. The van der Waals surface area contributed by atoms with E-state index in [0.29, 0.717) is 31.1 Å². The van der Waals surface area contributed by atoms with Gasteiger partial charge in [-0.05, 0) is 50.0 Å². The third-order valence-electron chi connectivity index (χ3n) is 4.39. The van der Waals surface area contributed by atoms with E-state index in [2.05, 4.69) is 10.6 Å². The molecule has 2 aliphatic rings. The lowest BCUT2D eigenvalue weighted by atomic mass is 10.0. The number of hydrogen-bond donors (Lipinski definition) is 2. The van der Waals surface area contributed by atoms with E-state index in [0.717, 1.165) is 24.9 Å². The molecule has 6 nitrogen and oxygen atoms in total. The van der Waals surface area contributed by atoms with Crippen LogP contribution in [0.25, 0.3) is 0 Å². The molecule has 0 saturated carbocycles. The largest absolute Gasteiger partial charge is 0.352 e. The summed E-state index contributed by atoms with van der Waals surface area (Å²) in [5.74, 6) is 0.161. The number of benzene rings is 1. The first-order valence-electron chi connectivity index (χ1n) is 7.58. The van der Waals surface area contributed by atoms with Crippen molar-refractivity contribution in [3.63, 3.8) is 0 Å². The molecule has 3 rings (SSSR count). The van der Waals surface area contributed by atoms with Crippen molar-refractivity contribution in [2.75, 3.05) is 33.2 Å². The molecule has 1 atom stereocenters. The van der Waals surface area contributed by atoms with Gasteiger partial charge in [0.05, 0.1) is 4.90 Å². The fourth-order valence-electron chi connectivity index (χ4n) is 3.17. The second-order valence-electron chi connectivity index (χ2n) is 5.90. The molecular formula is C15H21N3O3S. The summed E-state index contributed by atoms with van der Waals surface area (Å²) in [6.45, 7) is 2.50. The number of amides is 1. The Morgan fingerprint density at radius 1 is 1.41 bits per heavy atom. The average Bonchev–Trinajstić information content (AvgIpc) is 2.97. The van der Waals surface area contributed by atoms with Crippen LogP contribution in [0.1, 0.15) is 22.3 Å². The second kappa shape index (κ2) is 5.98. The van der Waals surface area contributed by atoms with Gasteiger partial charge in [0.1, 0.15) is 0 Å². The van der Waals surface area contributed by atoms with Crippen molar-refractivity contribution in [1.82, 2.24) is 14.9 Å². The summed E-state index contributed by atoms with van der Waals surface area (Å²) in [5.41, 5.74) is 1.40. The highest BCUT2D eigenvalue weighted by molar-refractivity contribution is 7.89. The quantitative estimate of drug-likeness (QED) is 0.830. The smallest absolute Gasteiger partial charge is 0.251 e. The predicted molar refractivity (Wildman–Crippen MR) is 83.3 cm³/mol. The van der Waals surface area contributed by atoms with Crippen molar-refractivity contribution in [3.05, 3.63) is 29.3 Å².